The second-order valence-corrected chi connectivity index (χ2v) is 5.28. The Bertz CT molecular complexity index is 584. The highest BCUT2D eigenvalue weighted by Gasteiger charge is 2.10. The van der Waals surface area contributed by atoms with E-state index in [1.807, 2.05) is 23.9 Å². The maximum atomic E-state index is 6.21. The molecule has 0 aliphatic rings. The molecule has 2 rings (SSSR count). The zero-order valence-electron chi connectivity index (χ0n) is 11.5. The molecule has 0 amide bonds. The third-order valence-corrected chi connectivity index (χ3v) is 3.59. The minimum Gasteiger partial charge on any atom is -0.383 e. The highest BCUT2D eigenvalue weighted by Crippen LogP contribution is 2.25. The van der Waals surface area contributed by atoms with E-state index in [9.17, 15) is 0 Å². The third kappa shape index (κ3) is 3.52. The van der Waals surface area contributed by atoms with Crippen molar-refractivity contribution in [3.05, 3.63) is 45.7 Å². The van der Waals surface area contributed by atoms with E-state index in [4.69, 9.17) is 27.9 Å². The summed E-state index contributed by atoms with van der Waals surface area (Å²) in [5, 5.41) is 8.89. The maximum absolute atomic E-state index is 6.21. The zero-order chi connectivity index (χ0) is 14.5. The molecule has 0 aliphatic carbocycles. The van der Waals surface area contributed by atoms with Gasteiger partial charge in [0.15, 0.2) is 0 Å². The fourth-order valence-electron chi connectivity index (χ4n) is 1.91. The number of halogens is 2. The Kier molecular flexibility index (Phi) is 5.43. The van der Waals surface area contributed by atoms with E-state index in [0.717, 1.165) is 30.0 Å². The standard InChI is InChI=1S/C14H17Cl2N3O/c1-10-11(8-17-5-6-20-2)9-18-19(10)14-4-3-12(15)7-13(14)16/h3-4,7,9,17H,5-6,8H2,1-2H3. The van der Waals surface area contributed by atoms with Crippen LogP contribution in [0.4, 0.5) is 0 Å². The summed E-state index contributed by atoms with van der Waals surface area (Å²) in [7, 11) is 1.69. The largest absolute Gasteiger partial charge is 0.383 e. The molecule has 0 spiro atoms. The lowest BCUT2D eigenvalue weighted by atomic mass is 10.2. The highest BCUT2D eigenvalue weighted by atomic mass is 35.5. The van der Waals surface area contributed by atoms with E-state index in [2.05, 4.69) is 10.4 Å². The van der Waals surface area contributed by atoms with Crippen molar-refractivity contribution >= 4 is 23.2 Å². The molecule has 0 unspecified atom stereocenters. The first-order valence-corrected chi connectivity index (χ1v) is 7.07. The van der Waals surface area contributed by atoms with E-state index in [1.165, 1.54) is 0 Å². The molecule has 0 bridgehead atoms. The smallest absolute Gasteiger partial charge is 0.0836 e. The molecule has 1 N–H and O–H groups in total. The summed E-state index contributed by atoms with van der Waals surface area (Å²) in [6.07, 6.45) is 1.85. The molecule has 0 saturated heterocycles. The van der Waals surface area contributed by atoms with Gasteiger partial charge in [0.1, 0.15) is 0 Å². The van der Waals surface area contributed by atoms with Crippen molar-refractivity contribution in [1.82, 2.24) is 15.1 Å². The molecule has 0 radical (unpaired) electrons. The Morgan fingerprint density at radius 2 is 2.15 bits per heavy atom. The lowest BCUT2D eigenvalue weighted by Gasteiger charge is -2.08. The van der Waals surface area contributed by atoms with Gasteiger partial charge in [0.2, 0.25) is 0 Å². The first-order valence-electron chi connectivity index (χ1n) is 6.32. The lowest BCUT2D eigenvalue weighted by Crippen LogP contribution is -2.18. The van der Waals surface area contributed by atoms with Crippen molar-refractivity contribution in [2.45, 2.75) is 13.5 Å². The van der Waals surface area contributed by atoms with Crippen molar-refractivity contribution in [1.29, 1.82) is 0 Å². The van der Waals surface area contributed by atoms with E-state index in [0.29, 0.717) is 16.7 Å². The van der Waals surface area contributed by atoms with Gasteiger partial charge in [-0.1, -0.05) is 23.2 Å². The number of methoxy groups -OCH3 is 1. The van der Waals surface area contributed by atoms with E-state index >= 15 is 0 Å². The molecule has 1 aromatic carbocycles. The van der Waals surface area contributed by atoms with Gasteiger partial charge in [-0.05, 0) is 25.1 Å². The topological polar surface area (TPSA) is 39.1 Å². The van der Waals surface area contributed by atoms with Crippen LogP contribution < -0.4 is 5.32 Å². The molecule has 0 aliphatic heterocycles. The third-order valence-electron chi connectivity index (χ3n) is 3.05. The summed E-state index contributed by atoms with van der Waals surface area (Å²) in [4.78, 5) is 0. The van der Waals surface area contributed by atoms with Crippen molar-refractivity contribution < 1.29 is 4.74 Å². The van der Waals surface area contributed by atoms with Crippen molar-refractivity contribution in [3.63, 3.8) is 0 Å². The number of hydrogen-bond acceptors (Lipinski definition) is 3. The molecule has 108 valence electrons. The lowest BCUT2D eigenvalue weighted by molar-refractivity contribution is 0.199. The fourth-order valence-corrected chi connectivity index (χ4v) is 2.40. The molecule has 0 saturated carbocycles. The molecule has 1 heterocycles. The number of nitrogens with zero attached hydrogens (tertiary/aromatic N) is 2. The van der Waals surface area contributed by atoms with Crippen LogP contribution >= 0.6 is 23.2 Å². The number of ether oxygens (including phenoxy) is 1. The monoisotopic (exact) mass is 313 g/mol. The summed E-state index contributed by atoms with van der Waals surface area (Å²) < 4.78 is 6.82. The molecule has 0 atom stereocenters. The Labute approximate surface area is 128 Å². The van der Waals surface area contributed by atoms with Gasteiger partial charge in [0.25, 0.3) is 0 Å². The Hall–Kier alpha value is -1.07. The highest BCUT2D eigenvalue weighted by molar-refractivity contribution is 6.35. The average Bonchev–Trinajstić information content (AvgIpc) is 2.77. The molecule has 2 aromatic rings. The normalized spacial score (nSPS) is 11.0. The molecule has 4 nitrogen and oxygen atoms in total. The quantitative estimate of drug-likeness (QED) is 0.832. The maximum Gasteiger partial charge on any atom is 0.0836 e. The summed E-state index contributed by atoms with van der Waals surface area (Å²) in [5.74, 6) is 0. The molecular formula is C14H17Cl2N3O. The molecule has 1 aromatic heterocycles. The van der Waals surface area contributed by atoms with Crippen molar-refractivity contribution in [3.8, 4) is 5.69 Å². The van der Waals surface area contributed by atoms with Gasteiger partial charge in [-0.2, -0.15) is 5.10 Å². The minimum absolute atomic E-state index is 0.586. The van der Waals surface area contributed by atoms with Crippen molar-refractivity contribution in [2.24, 2.45) is 0 Å². The molecule has 0 fully saturated rings. The van der Waals surface area contributed by atoms with Crippen LogP contribution in [0.5, 0.6) is 0 Å². The van der Waals surface area contributed by atoms with Gasteiger partial charge < -0.3 is 10.1 Å². The Morgan fingerprint density at radius 1 is 1.35 bits per heavy atom. The fraction of sp³-hybridized carbons (Fsp3) is 0.357. The van der Waals surface area contributed by atoms with Crippen molar-refractivity contribution in [2.75, 3.05) is 20.3 Å². The summed E-state index contributed by atoms with van der Waals surface area (Å²) in [5.41, 5.74) is 3.02. The van der Waals surface area contributed by atoms with Gasteiger partial charge >= 0.3 is 0 Å². The van der Waals surface area contributed by atoms with Crippen LogP contribution in [0, 0.1) is 6.92 Å². The van der Waals surface area contributed by atoms with Crippen LogP contribution in [0.25, 0.3) is 5.69 Å². The number of benzene rings is 1. The minimum atomic E-state index is 0.586. The Morgan fingerprint density at radius 3 is 2.85 bits per heavy atom. The summed E-state index contributed by atoms with van der Waals surface area (Å²) in [6.45, 7) is 4.27. The second-order valence-electron chi connectivity index (χ2n) is 4.43. The van der Waals surface area contributed by atoms with Gasteiger partial charge in [-0.15, -0.1) is 0 Å². The van der Waals surface area contributed by atoms with E-state index in [1.54, 1.807) is 19.2 Å². The van der Waals surface area contributed by atoms with E-state index in [-0.39, 0.29) is 0 Å². The van der Waals surface area contributed by atoms with Crippen LogP contribution in [-0.2, 0) is 11.3 Å². The zero-order valence-corrected chi connectivity index (χ0v) is 13.0. The van der Waals surface area contributed by atoms with Crippen LogP contribution in [0.15, 0.2) is 24.4 Å². The number of hydrogen-bond donors (Lipinski definition) is 1. The van der Waals surface area contributed by atoms with Gasteiger partial charge in [-0.3, -0.25) is 0 Å². The summed E-state index contributed by atoms with van der Waals surface area (Å²) >= 11 is 12.1. The first kappa shape index (κ1) is 15.3. The van der Waals surface area contributed by atoms with Crippen LogP contribution in [-0.4, -0.2) is 30.0 Å². The van der Waals surface area contributed by atoms with Gasteiger partial charge in [-0.25, -0.2) is 4.68 Å². The van der Waals surface area contributed by atoms with Gasteiger partial charge in [0.05, 0.1) is 23.5 Å². The molecule has 20 heavy (non-hydrogen) atoms. The number of aromatic nitrogens is 2. The van der Waals surface area contributed by atoms with Crippen LogP contribution in [0.3, 0.4) is 0 Å². The van der Waals surface area contributed by atoms with Gasteiger partial charge in [0, 0.05) is 36.5 Å². The Balaban J connectivity index is 2.15. The SMILES string of the molecule is COCCNCc1cnn(-c2ccc(Cl)cc2Cl)c1C. The summed E-state index contributed by atoms with van der Waals surface area (Å²) in [6, 6.07) is 5.39. The molecular weight excluding hydrogens is 297 g/mol. The van der Waals surface area contributed by atoms with Crippen LogP contribution in [0.2, 0.25) is 10.0 Å². The van der Waals surface area contributed by atoms with E-state index < -0.39 is 0 Å². The number of rotatable bonds is 6. The molecule has 6 heteroatoms. The second kappa shape index (κ2) is 7.09. The van der Waals surface area contributed by atoms with Crippen LogP contribution in [0.1, 0.15) is 11.3 Å². The predicted molar refractivity (Wildman–Crippen MR) is 81.9 cm³/mol. The first-order chi connectivity index (χ1) is 9.63. The predicted octanol–water partition coefficient (Wildman–Crippen LogP) is 3.22. The average molecular weight is 314 g/mol. The number of nitrogens with one attached hydrogen (secondary N) is 1.